The van der Waals surface area contributed by atoms with Crippen LogP contribution in [-0.2, 0) is 0 Å². The van der Waals surface area contributed by atoms with Crippen molar-refractivity contribution in [2.45, 2.75) is 0 Å². The van der Waals surface area contributed by atoms with Crippen molar-refractivity contribution >= 4 is 35.6 Å². The van der Waals surface area contributed by atoms with E-state index in [9.17, 15) is 29.8 Å². The smallest absolute Gasteiger partial charge is 0.307 e. The molecule has 5 rings (SSSR count). The summed E-state index contributed by atoms with van der Waals surface area (Å²) in [4.78, 5) is 46.0. The molecule has 0 unspecified atom stereocenters. The molecule has 0 spiro atoms. The van der Waals surface area contributed by atoms with Gasteiger partial charge in [-0.15, -0.1) is 0 Å². The Kier molecular flexibility index (Phi) is 6.43. The van der Waals surface area contributed by atoms with E-state index in [0.29, 0.717) is 0 Å². The highest BCUT2D eigenvalue weighted by atomic mass is 16.7. The van der Waals surface area contributed by atoms with Crippen LogP contribution in [0, 0.1) is 20.2 Å². The Balaban J connectivity index is 1.21. The molecule has 0 radical (unpaired) electrons. The minimum absolute atomic E-state index is 0.0459. The molecule has 17 nitrogen and oxygen atoms in total. The highest BCUT2D eigenvalue weighted by Gasteiger charge is 2.24. The third-order valence-corrected chi connectivity index (χ3v) is 5.23. The van der Waals surface area contributed by atoms with E-state index in [2.05, 4.69) is 21.1 Å². The first-order chi connectivity index (χ1) is 18.8. The van der Waals surface area contributed by atoms with E-state index >= 15 is 0 Å². The Morgan fingerprint density at radius 3 is 1.49 bits per heavy atom. The summed E-state index contributed by atoms with van der Waals surface area (Å²) in [5.74, 6) is -1.32. The molecule has 3 heterocycles. The second-order valence-corrected chi connectivity index (χ2v) is 7.60. The molecule has 0 fully saturated rings. The lowest BCUT2D eigenvalue weighted by atomic mass is 10.1. The number of nitrogens with one attached hydrogen (secondary N) is 2. The molecular weight excluding hydrogens is 524 g/mol. The summed E-state index contributed by atoms with van der Waals surface area (Å²) in [6.45, 7) is -0.163. The van der Waals surface area contributed by atoms with E-state index in [1.807, 2.05) is 0 Å². The molecule has 3 aromatic rings. The summed E-state index contributed by atoms with van der Waals surface area (Å²) < 4.78 is 25.8. The molecule has 17 heteroatoms. The zero-order chi connectivity index (χ0) is 27.5. The lowest BCUT2D eigenvalue weighted by Gasteiger charge is -2.01. The summed E-state index contributed by atoms with van der Waals surface area (Å²) in [5, 5.41) is 30.0. The number of nitrogens with zero attached hydrogens (tertiary/aromatic N) is 4. The lowest BCUT2D eigenvalue weighted by molar-refractivity contribution is -0.385. The first-order valence-corrected chi connectivity index (χ1v) is 10.7. The van der Waals surface area contributed by atoms with E-state index in [1.54, 1.807) is 0 Å². The standard InChI is InChI=1S/C22H14N6O11/c29-21(25-23-7-11-3-17-19(37-9-35-17)5-13(11)27(31)32)15-1-2-16(39-15)22(30)26-24-8-12-4-18-20(38-10-36-18)6-14(12)28(33)34/h1-8H,9-10H2,(H,25,29)(H,26,30)/b23-7+,24-8+. The van der Waals surface area contributed by atoms with Gasteiger partial charge in [-0.1, -0.05) is 0 Å². The fourth-order valence-corrected chi connectivity index (χ4v) is 3.43. The predicted octanol–water partition coefficient (Wildman–Crippen LogP) is 2.08. The van der Waals surface area contributed by atoms with E-state index in [-0.39, 0.29) is 70.6 Å². The topological polar surface area (TPSA) is 219 Å². The average molecular weight is 538 g/mol. The molecule has 0 aliphatic carbocycles. The third kappa shape index (κ3) is 5.12. The van der Waals surface area contributed by atoms with Gasteiger partial charge in [-0.25, -0.2) is 10.9 Å². The van der Waals surface area contributed by atoms with Crippen LogP contribution in [0.3, 0.4) is 0 Å². The van der Waals surface area contributed by atoms with Crippen LogP contribution in [0.25, 0.3) is 0 Å². The van der Waals surface area contributed by atoms with Gasteiger partial charge in [-0.3, -0.25) is 29.8 Å². The number of benzene rings is 2. The molecule has 2 N–H and O–H groups in total. The molecule has 0 saturated carbocycles. The summed E-state index contributed by atoms with van der Waals surface area (Å²) in [6.07, 6.45) is 2.08. The monoisotopic (exact) mass is 538 g/mol. The van der Waals surface area contributed by atoms with Crippen molar-refractivity contribution in [2.24, 2.45) is 10.2 Å². The van der Waals surface area contributed by atoms with E-state index in [4.69, 9.17) is 23.4 Å². The number of hydrazone groups is 2. The maximum atomic E-state index is 12.3. The second kappa shape index (κ2) is 10.2. The van der Waals surface area contributed by atoms with E-state index in [1.165, 1.54) is 36.4 Å². The lowest BCUT2D eigenvalue weighted by Crippen LogP contribution is -2.18. The van der Waals surface area contributed by atoms with Gasteiger partial charge in [0, 0.05) is 0 Å². The van der Waals surface area contributed by atoms with Crippen molar-refractivity contribution in [1.82, 2.24) is 10.9 Å². The van der Waals surface area contributed by atoms with Gasteiger partial charge < -0.3 is 23.4 Å². The number of nitro groups is 2. The molecule has 2 aliphatic heterocycles. The van der Waals surface area contributed by atoms with Crippen LogP contribution in [0.5, 0.6) is 23.0 Å². The molecule has 39 heavy (non-hydrogen) atoms. The number of nitro benzene ring substituents is 2. The zero-order valence-electron chi connectivity index (χ0n) is 19.3. The number of carbonyl (C=O) groups is 2. The molecule has 0 atom stereocenters. The average Bonchev–Trinajstić information content (AvgIpc) is 3.67. The van der Waals surface area contributed by atoms with Gasteiger partial charge in [0.05, 0.1) is 45.5 Å². The fraction of sp³-hybridized carbons (Fsp3) is 0.0909. The summed E-state index contributed by atoms with van der Waals surface area (Å²) >= 11 is 0. The third-order valence-electron chi connectivity index (χ3n) is 5.23. The molecule has 198 valence electrons. The maximum absolute atomic E-state index is 12.3. The van der Waals surface area contributed by atoms with Crippen molar-refractivity contribution in [2.75, 3.05) is 13.6 Å². The van der Waals surface area contributed by atoms with Gasteiger partial charge in [-0.2, -0.15) is 10.2 Å². The van der Waals surface area contributed by atoms with Gasteiger partial charge in [0.25, 0.3) is 11.4 Å². The number of hydrogen-bond acceptors (Lipinski definition) is 13. The number of carbonyl (C=O) groups excluding carboxylic acids is 2. The first-order valence-electron chi connectivity index (χ1n) is 10.7. The normalized spacial score (nSPS) is 13.1. The van der Waals surface area contributed by atoms with Crippen LogP contribution in [-0.4, -0.2) is 47.7 Å². The quantitative estimate of drug-likeness (QED) is 0.240. The van der Waals surface area contributed by atoms with Crippen LogP contribution in [0.1, 0.15) is 32.2 Å². The number of fused-ring (bicyclic) bond motifs is 2. The van der Waals surface area contributed by atoms with Crippen LogP contribution < -0.4 is 29.8 Å². The Morgan fingerprint density at radius 2 is 1.10 bits per heavy atom. The number of furan rings is 1. The first kappa shape index (κ1) is 24.7. The SMILES string of the molecule is O=C(N/N=C/c1cc2c(cc1[N+](=O)[O-])OCO2)c1ccc(C(=O)N/N=C/c2cc3c(cc2[N+](=O)[O-])OCO3)o1. The Hall–Kier alpha value is -6.00. The molecular formula is C22H14N6O11. The van der Waals surface area contributed by atoms with Crippen LogP contribution in [0.2, 0.25) is 0 Å². The highest BCUT2D eigenvalue weighted by Crippen LogP contribution is 2.38. The molecule has 2 amide bonds. The number of hydrogen-bond donors (Lipinski definition) is 2. The van der Waals surface area contributed by atoms with E-state index in [0.717, 1.165) is 12.4 Å². The van der Waals surface area contributed by atoms with Gasteiger partial charge in [0.15, 0.2) is 34.5 Å². The number of ether oxygens (including phenoxy) is 4. The van der Waals surface area contributed by atoms with Gasteiger partial charge in [0.2, 0.25) is 13.6 Å². The van der Waals surface area contributed by atoms with Crippen molar-refractivity contribution in [3.05, 3.63) is 79.3 Å². The Morgan fingerprint density at radius 1 is 0.718 bits per heavy atom. The second-order valence-electron chi connectivity index (χ2n) is 7.60. The van der Waals surface area contributed by atoms with Crippen LogP contribution in [0.4, 0.5) is 11.4 Å². The predicted molar refractivity (Wildman–Crippen MR) is 127 cm³/mol. The minimum Gasteiger partial charge on any atom is -0.454 e. The Bertz CT molecular complexity index is 1460. The van der Waals surface area contributed by atoms with Crippen molar-refractivity contribution in [3.8, 4) is 23.0 Å². The van der Waals surface area contributed by atoms with Crippen molar-refractivity contribution < 1.29 is 42.8 Å². The molecule has 2 aromatic carbocycles. The molecule has 2 aliphatic rings. The van der Waals surface area contributed by atoms with Crippen molar-refractivity contribution in [1.29, 1.82) is 0 Å². The molecule has 0 saturated heterocycles. The van der Waals surface area contributed by atoms with E-state index < -0.39 is 21.7 Å². The highest BCUT2D eigenvalue weighted by molar-refractivity contribution is 5.97. The minimum atomic E-state index is -0.854. The van der Waals surface area contributed by atoms with Gasteiger partial charge in [0.1, 0.15) is 0 Å². The van der Waals surface area contributed by atoms with Crippen LogP contribution in [0.15, 0.2) is 51.0 Å². The molecule has 1 aromatic heterocycles. The van der Waals surface area contributed by atoms with Gasteiger partial charge in [-0.05, 0) is 24.3 Å². The summed E-state index contributed by atoms with van der Waals surface area (Å²) in [5.41, 5.74) is 3.72. The Labute approximate surface area is 215 Å². The summed E-state index contributed by atoms with van der Waals surface area (Å²) in [7, 11) is 0. The van der Waals surface area contributed by atoms with Crippen LogP contribution >= 0.6 is 0 Å². The largest absolute Gasteiger partial charge is 0.454 e. The van der Waals surface area contributed by atoms with Crippen molar-refractivity contribution in [3.63, 3.8) is 0 Å². The molecule has 0 bridgehead atoms. The maximum Gasteiger partial charge on any atom is 0.307 e. The number of rotatable bonds is 8. The zero-order valence-corrected chi connectivity index (χ0v) is 19.3. The summed E-state index contributed by atoms with van der Waals surface area (Å²) in [6, 6.07) is 7.41. The fourth-order valence-electron chi connectivity index (χ4n) is 3.43. The number of amides is 2. The van der Waals surface area contributed by atoms with Gasteiger partial charge >= 0.3 is 11.8 Å².